The molecule has 0 aromatic heterocycles. The van der Waals surface area contributed by atoms with Crippen molar-refractivity contribution in [3.05, 3.63) is 35.1 Å². The summed E-state index contributed by atoms with van der Waals surface area (Å²) < 4.78 is 13.5. The van der Waals surface area contributed by atoms with Crippen LogP contribution in [0.4, 0.5) is 4.39 Å². The fourth-order valence-electron chi connectivity index (χ4n) is 3.11. The Kier molecular flexibility index (Phi) is 3.03. The van der Waals surface area contributed by atoms with Crippen molar-refractivity contribution in [1.29, 1.82) is 0 Å². The Hall–Kier alpha value is -0.890. The monoisotopic (exact) mass is 235 g/mol. The Bertz CT molecular complexity index is 425. The standard InChI is InChI=1S/C15H22FN/c1-11-6-7-12(16)10-13(11)15(17)9-5-4-8-14(15,2)3/h6-7,10H,4-5,8-9,17H2,1-3H3. The molecule has 0 saturated heterocycles. The third kappa shape index (κ3) is 1.99. The van der Waals surface area contributed by atoms with E-state index in [1.54, 1.807) is 6.07 Å². The van der Waals surface area contributed by atoms with Gasteiger partial charge in [0.25, 0.3) is 0 Å². The van der Waals surface area contributed by atoms with Gasteiger partial charge in [-0.2, -0.15) is 0 Å². The zero-order valence-corrected chi connectivity index (χ0v) is 11.0. The maximum Gasteiger partial charge on any atom is 0.123 e. The van der Waals surface area contributed by atoms with Crippen LogP contribution in [-0.2, 0) is 5.54 Å². The number of benzene rings is 1. The molecule has 1 saturated carbocycles. The first-order valence-corrected chi connectivity index (χ1v) is 6.42. The zero-order chi connectivity index (χ0) is 12.7. The van der Waals surface area contributed by atoms with Crippen molar-refractivity contribution in [1.82, 2.24) is 0 Å². The highest BCUT2D eigenvalue weighted by atomic mass is 19.1. The second-order valence-electron chi connectivity index (χ2n) is 6.02. The smallest absolute Gasteiger partial charge is 0.123 e. The molecule has 1 aromatic carbocycles. The minimum atomic E-state index is -0.391. The molecule has 17 heavy (non-hydrogen) atoms. The summed E-state index contributed by atoms with van der Waals surface area (Å²) in [7, 11) is 0. The van der Waals surface area contributed by atoms with Gasteiger partial charge in [0, 0.05) is 5.54 Å². The van der Waals surface area contributed by atoms with Gasteiger partial charge in [-0.3, -0.25) is 0 Å². The molecular formula is C15H22FN. The lowest BCUT2D eigenvalue weighted by Crippen LogP contribution is -2.52. The van der Waals surface area contributed by atoms with E-state index in [2.05, 4.69) is 13.8 Å². The van der Waals surface area contributed by atoms with Gasteiger partial charge in [0.2, 0.25) is 0 Å². The van der Waals surface area contributed by atoms with Crippen molar-refractivity contribution in [3.8, 4) is 0 Å². The molecule has 1 aromatic rings. The van der Waals surface area contributed by atoms with Gasteiger partial charge in [0.1, 0.15) is 5.82 Å². The molecule has 0 aliphatic heterocycles. The number of aryl methyl sites for hydroxylation is 1. The number of hydrogen-bond donors (Lipinski definition) is 1. The summed E-state index contributed by atoms with van der Waals surface area (Å²) in [5.41, 5.74) is 8.39. The molecule has 2 rings (SSSR count). The molecule has 94 valence electrons. The first-order valence-electron chi connectivity index (χ1n) is 6.42. The topological polar surface area (TPSA) is 26.0 Å². The average molecular weight is 235 g/mol. The largest absolute Gasteiger partial charge is 0.321 e. The molecule has 1 aliphatic carbocycles. The van der Waals surface area contributed by atoms with Gasteiger partial charge in [0.15, 0.2) is 0 Å². The van der Waals surface area contributed by atoms with E-state index in [0.717, 1.165) is 30.4 Å². The molecule has 0 amide bonds. The molecular weight excluding hydrogens is 213 g/mol. The Labute approximate surface area is 103 Å². The Morgan fingerprint density at radius 2 is 1.82 bits per heavy atom. The van der Waals surface area contributed by atoms with Crippen molar-refractivity contribution in [2.45, 2.75) is 52.0 Å². The second kappa shape index (κ2) is 4.09. The van der Waals surface area contributed by atoms with E-state index in [9.17, 15) is 4.39 Å². The number of halogens is 1. The quantitative estimate of drug-likeness (QED) is 0.785. The molecule has 2 heteroatoms. The van der Waals surface area contributed by atoms with E-state index in [4.69, 9.17) is 5.73 Å². The van der Waals surface area contributed by atoms with Crippen molar-refractivity contribution >= 4 is 0 Å². The molecule has 1 unspecified atom stereocenters. The molecule has 0 heterocycles. The minimum absolute atomic E-state index is 0.0316. The number of rotatable bonds is 1. The summed E-state index contributed by atoms with van der Waals surface area (Å²) in [4.78, 5) is 0. The predicted octanol–water partition coefficient (Wildman–Crippen LogP) is 3.89. The van der Waals surface area contributed by atoms with Crippen LogP contribution in [0.3, 0.4) is 0 Å². The average Bonchev–Trinajstić information content (AvgIpc) is 2.26. The Balaban J connectivity index is 2.52. The highest BCUT2D eigenvalue weighted by Gasteiger charge is 2.45. The summed E-state index contributed by atoms with van der Waals surface area (Å²) >= 11 is 0. The second-order valence-corrected chi connectivity index (χ2v) is 6.02. The highest BCUT2D eigenvalue weighted by Crippen LogP contribution is 2.49. The molecule has 0 bridgehead atoms. The highest BCUT2D eigenvalue weighted by molar-refractivity contribution is 5.35. The van der Waals surface area contributed by atoms with Crippen LogP contribution in [0, 0.1) is 18.2 Å². The molecule has 1 fully saturated rings. The lowest BCUT2D eigenvalue weighted by Gasteiger charge is -2.48. The summed E-state index contributed by atoms with van der Waals surface area (Å²) in [6.45, 7) is 6.43. The van der Waals surface area contributed by atoms with E-state index >= 15 is 0 Å². The van der Waals surface area contributed by atoms with Crippen molar-refractivity contribution in [3.63, 3.8) is 0 Å². The molecule has 1 atom stereocenters. The third-order valence-corrected chi connectivity index (χ3v) is 4.51. The first-order chi connectivity index (χ1) is 7.87. The lowest BCUT2D eigenvalue weighted by atomic mass is 9.60. The van der Waals surface area contributed by atoms with Crippen LogP contribution in [-0.4, -0.2) is 0 Å². The summed E-state index contributed by atoms with van der Waals surface area (Å²) in [6.07, 6.45) is 4.42. The van der Waals surface area contributed by atoms with Gasteiger partial charge in [-0.15, -0.1) is 0 Å². The SMILES string of the molecule is Cc1ccc(F)cc1C1(N)CCCCC1(C)C. The Morgan fingerprint density at radius 3 is 2.47 bits per heavy atom. The third-order valence-electron chi connectivity index (χ3n) is 4.51. The van der Waals surface area contributed by atoms with Crippen LogP contribution in [0.1, 0.15) is 50.7 Å². The van der Waals surface area contributed by atoms with Gasteiger partial charge in [-0.05, 0) is 48.4 Å². The fraction of sp³-hybridized carbons (Fsp3) is 0.600. The van der Waals surface area contributed by atoms with Crippen LogP contribution in [0.5, 0.6) is 0 Å². The van der Waals surface area contributed by atoms with Gasteiger partial charge in [0.05, 0.1) is 0 Å². The summed E-state index contributed by atoms with van der Waals surface area (Å²) in [5.74, 6) is -0.184. The molecule has 1 aliphatic rings. The lowest BCUT2D eigenvalue weighted by molar-refractivity contribution is 0.0970. The van der Waals surface area contributed by atoms with Gasteiger partial charge in [-0.25, -0.2) is 4.39 Å². The van der Waals surface area contributed by atoms with E-state index < -0.39 is 5.54 Å². The normalized spacial score (nSPS) is 28.1. The summed E-state index contributed by atoms with van der Waals surface area (Å²) in [5, 5.41) is 0. The van der Waals surface area contributed by atoms with Crippen LogP contribution in [0.15, 0.2) is 18.2 Å². The summed E-state index contributed by atoms with van der Waals surface area (Å²) in [6, 6.07) is 4.98. The maximum atomic E-state index is 13.5. The van der Waals surface area contributed by atoms with E-state index in [1.165, 1.54) is 12.5 Å². The van der Waals surface area contributed by atoms with Crippen LogP contribution < -0.4 is 5.73 Å². The van der Waals surface area contributed by atoms with Gasteiger partial charge >= 0.3 is 0 Å². The molecule has 0 radical (unpaired) electrons. The number of nitrogens with two attached hydrogens (primary N) is 1. The Morgan fingerprint density at radius 1 is 1.18 bits per heavy atom. The first kappa shape index (κ1) is 12.6. The van der Waals surface area contributed by atoms with Crippen molar-refractivity contribution in [2.75, 3.05) is 0 Å². The fourth-order valence-corrected chi connectivity index (χ4v) is 3.11. The van der Waals surface area contributed by atoms with Gasteiger partial charge in [-0.1, -0.05) is 32.8 Å². The minimum Gasteiger partial charge on any atom is -0.321 e. The van der Waals surface area contributed by atoms with Crippen molar-refractivity contribution < 1.29 is 4.39 Å². The van der Waals surface area contributed by atoms with E-state index in [-0.39, 0.29) is 11.2 Å². The van der Waals surface area contributed by atoms with Crippen LogP contribution in [0.2, 0.25) is 0 Å². The molecule has 0 spiro atoms. The van der Waals surface area contributed by atoms with E-state index in [0.29, 0.717) is 0 Å². The predicted molar refractivity (Wildman–Crippen MR) is 69.3 cm³/mol. The molecule has 1 nitrogen and oxygen atoms in total. The molecule has 2 N–H and O–H groups in total. The zero-order valence-electron chi connectivity index (χ0n) is 11.0. The van der Waals surface area contributed by atoms with Crippen molar-refractivity contribution in [2.24, 2.45) is 11.1 Å². The van der Waals surface area contributed by atoms with Crippen LogP contribution >= 0.6 is 0 Å². The maximum absolute atomic E-state index is 13.5. The van der Waals surface area contributed by atoms with Crippen LogP contribution in [0.25, 0.3) is 0 Å². The number of hydrogen-bond acceptors (Lipinski definition) is 1. The van der Waals surface area contributed by atoms with Gasteiger partial charge < -0.3 is 5.73 Å². The van der Waals surface area contributed by atoms with E-state index in [1.807, 2.05) is 13.0 Å².